The Morgan fingerprint density at radius 3 is 1.09 bits per heavy atom. The van der Waals surface area contributed by atoms with E-state index in [1.807, 2.05) is 33.3 Å². The maximum atomic E-state index is 13.6. The van der Waals surface area contributed by atoms with Crippen LogP contribution in [0, 0.1) is 0 Å². The number of likely N-dealkylation sites (N-methyl/N-ethyl adjacent to an activating group) is 1. The number of phosphoric acid groups is 1. The van der Waals surface area contributed by atoms with E-state index in [1.165, 1.54) is 270 Å². The fourth-order valence-electron chi connectivity index (χ4n) is 11.0. The largest absolute Gasteiger partial charge is 0.756 e. The van der Waals surface area contributed by atoms with Gasteiger partial charge in [0, 0.05) is 12.8 Å². The van der Waals surface area contributed by atoms with Crippen LogP contribution in [-0.2, 0) is 27.9 Å². The molecule has 10 heteroatoms. The highest BCUT2D eigenvalue weighted by Gasteiger charge is 2.27. The number of allylic oxidation sites excluding steroid dienone is 7. The molecule has 0 spiro atoms. The summed E-state index contributed by atoms with van der Waals surface area (Å²) >= 11 is 0. The maximum Gasteiger partial charge on any atom is 0.306 e. The van der Waals surface area contributed by atoms with Crippen molar-refractivity contribution in [2.75, 3.05) is 40.9 Å². The van der Waals surface area contributed by atoms with E-state index < -0.39 is 20.0 Å². The summed E-state index contributed by atoms with van der Waals surface area (Å²) in [7, 11) is 1.20. The highest BCUT2D eigenvalue weighted by molar-refractivity contribution is 7.45. The van der Waals surface area contributed by atoms with Crippen molar-refractivity contribution in [1.29, 1.82) is 0 Å². The van der Waals surface area contributed by atoms with Crippen LogP contribution in [-0.4, -0.2) is 69.4 Å². The van der Waals surface area contributed by atoms with E-state index in [0.717, 1.165) is 64.2 Å². The van der Waals surface area contributed by atoms with E-state index >= 15 is 0 Å². The molecule has 0 aromatic rings. The molecule has 1 amide bonds. The minimum Gasteiger partial charge on any atom is -0.756 e. The van der Waals surface area contributed by atoms with Crippen LogP contribution in [0.1, 0.15) is 367 Å². The van der Waals surface area contributed by atoms with Crippen LogP contribution in [0.5, 0.6) is 0 Å². The van der Waals surface area contributed by atoms with Gasteiger partial charge in [-0.2, -0.15) is 0 Å². The highest BCUT2D eigenvalue weighted by atomic mass is 31.2. The maximum absolute atomic E-state index is 13.6. The summed E-state index contributed by atoms with van der Waals surface area (Å²) in [4.78, 5) is 40.2. The average molecular weight is 1220 g/mol. The van der Waals surface area contributed by atoms with E-state index in [2.05, 4.69) is 62.5 Å². The lowest BCUT2D eigenvalue weighted by Gasteiger charge is -2.30. The third kappa shape index (κ3) is 66.2. The summed E-state index contributed by atoms with van der Waals surface area (Å²) in [6.45, 7) is 6.87. The van der Waals surface area contributed by atoms with E-state index in [4.69, 9.17) is 13.8 Å². The van der Waals surface area contributed by atoms with Crippen LogP contribution in [0.25, 0.3) is 0 Å². The molecule has 0 aromatic heterocycles. The molecular formula is C75H143N2O7P. The average Bonchev–Trinajstić information content (AvgIpc) is 3.50. The molecule has 0 saturated carbocycles. The highest BCUT2D eigenvalue weighted by Crippen LogP contribution is 2.38. The van der Waals surface area contributed by atoms with Gasteiger partial charge in [-0.15, -0.1) is 0 Å². The predicted octanol–water partition coefficient (Wildman–Crippen LogP) is 22.9. The first kappa shape index (κ1) is 83.0. The van der Waals surface area contributed by atoms with Crippen LogP contribution >= 0.6 is 7.82 Å². The molecule has 1 N–H and O–H groups in total. The molecule has 9 nitrogen and oxygen atoms in total. The van der Waals surface area contributed by atoms with Gasteiger partial charge in [0.05, 0.1) is 33.8 Å². The number of ether oxygens (including phenoxy) is 1. The zero-order valence-electron chi connectivity index (χ0n) is 57.3. The van der Waals surface area contributed by atoms with Crippen molar-refractivity contribution in [1.82, 2.24) is 5.32 Å². The molecule has 0 fully saturated rings. The monoisotopic (exact) mass is 1220 g/mol. The predicted molar refractivity (Wildman–Crippen MR) is 367 cm³/mol. The molecule has 0 bridgehead atoms. The summed E-state index contributed by atoms with van der Waals surface area (Å²) in [6.07, 6.45) is 82.3. The first-order chi connectivity index (χ1) is 41.4. The van der Waals surface area contributed by atoms with E-state index in [1.54, 1.807) is 0 Å². The van der Waals surface area contributed by atoms with Crippen molar-refractivity contribution in [3.8, 4) is 0 Å². The van der Waals surface area contributed by atoms with Gasteiger partial charge in [0.15, 0.2) is 0 Å². The second-order valence-electron chi connectivity index (χ2n) is 26.4. The molecule has 0 saturated heterocycles. The lowest BCUT2D eigenvalue weighted by molar-refractivity contribution is -0.870. The van der Waals surface area contributed by atoms with Crippen molar-refractivity contribution < 1.29 is 37.3 Å². The zero-order valence-corrected chi connectivity index (χ0v) is 58.2. The van der Waals surface area contributed by atoms with Gasteiger partial charge in [-0.3, -0.25) is 14.2 Å². The van der Waals surface area contributed by atoms with Crippen molar-refractivity contribution in [2.24, 2.45) is 0 Å². The SMILES string of the molecule is CCCCC/C=C\C/C=C\CCCCCCCCCCCCCC(=O)NC(COP(=O)([O-])OCC[N+](C)(C)C)C(/C=C/CCCCCCCCCCCCC)OC(=O)CCCCCCCCCCCCCCCCC/C=C/CCCCCCCC. The number of hydrogen-bond donors (Lipinski definition) is 1. The Labute approximate surface area is 529 Å². The number of unbranched alkanes of at least 4 members (excludes halogenated alkanes) is 46. The fraction of sp³-hybridized carbons (Fsp3) is 0.867. The summed E-state index contributed by atoms with van der Waals surface area (Å²) in [6, 6.07) is -0.889. The Balaban J connectivity index is 5.04. The Hall–Kier alpha value is -2.03. The number of phosphoric ester groups is 1. The molecule has 0 aromatic carbocycles. The lowest BCUT2D eigenvalue weighted by Crippen LogP contribution is -2.47. The van der Waals surface area contributed by atoms with Crippen LogP contribution in [0.3, 0.4) is 0 Å². The van der Waals surface area contributed by atoms with Crippen molar-refractivity contribution in [3.63, 3.8) is 0 Å². The van der Waals surface area contributed by atoms with E-state index in [-0.39, 0.29) is 31.5 Å². The molecule has 85 heavy (non-hydrogen) atoms. The summed E-state index contributed by atoms with van der Waals surface area (Å²) in [5, 5.41) is 3.05. The van der Waals surface area contributed by atoms with Crippen LogP contribution in [0.2, 0.25) is 0 Å². The molecule has 3 atom stereocenters. The Bertz CT molecular complexity index is 1590. The third-order valence-corrected chi connectivity index (χ3v) is 17.7. The van der Waals surface area contributed by atoms with Crippen molar-refractivity contribution >= 4 is 19.7 Å². The second kappa shape index (κ2) is 64.9. The number of amides is 1. The molecule has 3 unspecified atom stereocenters. The second-order valence-corrected chi connectivity index (χ2v) is 27.9. The van der Waals surface area contributed by atoms with Gasteiger partial charge in [0.1, 0.15) is 19.3 Å². The van der Waals surface area contributed by atoms with E-state index in [9.17, 15) is 19.0 Å². The molecule has 0 rings (SSSR count). The molecule has 0 aliphatic rings. The first-order valence-electron chi connectivity index (χ1n) is 36.9. The van der Waals surface area contributed by atoms with Gasteiger partial charge in [-0.05, 0) is 89.5 Å². The number of esters is 1. The quantitative estimate of drug-likeness (QED) is 0.0212. The Morgan fingerprint density at radius 2 is 0.718 bits per heavy atom. The third-order valence-electron chi connectivity index (χ3n) is 16.7. The van der Waals surface area contributed by atoms with Gasteiger partial charge < -0.3 is 28.5 Å². The lowest BCUT2D eigenvalue weighted by atomic mass is 10.0. The number of hydrogen-bond acceptors (Lipinski definition) is 7. The molecule has 0 aliphatic heterocycles. The van der Waals surface area contributed by atoms with Gasteiger partial charge in [-0.1, -0.05) is 314 Å². The van der Waals surface area contributed by atoms with Gasteiger partial charge in [0.25, 0.3) is 7.82 Å². The number of nitrogens with zero attached hydrogens (tertiary/aromatic N) is 1. The van der Waals surface area contributed by atoms with Gasteiger partial charge in [-0.25, -0.2) is 0 Å². The van der Waals surface area contributed by atoms with Gasteiger partial charge >= 0.3 is 5.97 Å². The van der Waals surface area contributed by atoms with Crippen molar-refractivity contribution in [3.05, 3.63) is 48.6 Å². The molecule has 0 aliphatic carbocycles. The minimum atomic E-state index is -4.70. The van der Waals surface area contributed by atoms with Crippen LogP contribution in [0.15, 0.2) is 48.6 Å². The Morgan fingerprint density at radius 1 is 0.412 bits per heavy atom. The number of carbonyl (C=O) groups excluding carboxylic acids is 2. The normalized spacial score (nSPS) is 13.7. The summed E-state index contributed by atoms with van der Waals surface area (Å²) in [5.74, 6) is -0.525. The zero-order chi connectivity index (χ0) is 62.1. The van der Waals surface area contributed by atoms with E-state index in [0.29, 0.717) is 17.4 Å². The smallest absolute Gasteiger partial charge is 0.306 e. The number of carbonyl (C=O) groups is 2. The number of nitrogens with one attached hydrogen (secondary N) is 1. The number of rotatable bonds is 68. The molecule has 0 heterocycles. The summed E-state index contributed by atoms with van der Waals surface area (Å²) in [5.41, 5.74) is 0. The fourth-order valence-corrected chi connectivity index (χ4v) is 11.7. The Kier molecular flexibility index (Phi) is 63.4. The first-order valence-corrected chi connectivity index (χ1v) is 38.4. The van der Waals surface area contributed by atoms with Gasteiger partial charge in [0.2, 0.25) is 5.91 Å². The molecule has 500 valence electrons. The van der Waals surface area contributed by atoms with Crippen molar-refractivity contribution in [2.45, 2.75) is 380 Å². The standard InChI is InChI=1S/C75H143N2O7P/c1-7-10-13-16-19-22-25-28-30-32-34-36-37-38-39-41-43-45-47-50-53-56-59-62-65-68-75(79)84-73(66-63-60-57-54-51-48-27-24-21-18-15-12-9-3)72(71-83-85(80,81)82-70-69-77(4,5)6)76-74(78)67-64-61-58-55-52-49-46-44-42-40-35-33-31-29-26-23-20-17-14-11-8-2/h20,23,28-31,63,66,72-73H,7-19,21-22,24-27,32-62,64-65,67-71H2,1-6H3,(H-,76,78,80,81)/b23-20-,30-28+,31-29-,66-63+. The van der Waals surface area contributed by atoms with Crippen LogP contribution < -0.4 is 10.2 Å². The minimum absolute atomic E-state index is 0.0210. The number of quaternary nitrogens is 1. The topological polar surface area (TPSA) is 114 Å². The molecular weight excluding hydrogens is 1070 g/mol. The summed E-state index contributed by atoms with van der Waals surface area (Å²) < 4.78 is 30.5. The van der Waals surface area contributed by atoms with Crippen LogP contribution in [0.4, 0.5) is 0 Å². The molecule has 0 radical (unpaired) electrons.